The summed E-state index contributed by atoms with van der Waals surface area (Å²) < 4.78 is 0. The van der Waals surface area contributed by atoms with E-state index in [-0.39, 0.29) is 0 Å². The zero-order valence-corrected chi connectivity index (χ0v) is 11.2. The van der Waals surface area contributed by atoms with Crippen molar-refractivity contribution in [2.24, 2.45) is 0 Å². The minimum Gasteiger partial charge on any atom is -0.337 e. The lowest BCUT2D eigenvalue weighted by Gasteiger charge is -2.30. The molecule has 0 amide bonds. The molecule has 0 aromatic carbocycles. The third-order valence-electron chi connectivity index (χ3n) is 3.39. The maximum atomic E-state index is 4.59. The predicted molar refractivity (Wildman–Crippen MR) is 74.0 cm³/mol. The van der Waals surface area contributed by atoms with E-state index >= 15 is 0 Å². The Morgan fingerprint density at radius 2 is 2.32 bits per heavy atom. The number of H-pyrrole nitrogens is 1. The fourth-order valence-electron chi connectivity index (χ4n) is 2.36. The molecule has 19 heavy (non-hydrogen) atoms. The Hall–Kier alpha value is -1.95. The molecule has 0 bridgehead atoms. The largest absolute Gasteiger partial charge is 0.337 e. The van der Waals surface area contributed by atoms with Gasteiger partial charge in [0.15, 0.2) is 5.82 Å². The van der Waals surface area contributed by atoms with Crippen molar-refractivity contribution in [1.82, 2.24) is 25.5 Å². The van der Waals surface area contributed by atoms with Crippen molar-refractivity contribution >= 4 is 5.95 Å². The molecule has 1 aliphatic rings. The molecule has 1 fully saturated rings. The molecule has 2 aromatic rings. The average molecular weight is 258 g/mol. The Bertz CT molecular complexity index is 564. The topological polar surface area (TPSA) is 69.7 Å². The Balaban J connectivity index is 1.85. The summed E-state index contributed by atoms with van der Waals surface area (Å²) in [4.78, 5) is 11.1. The molecule has 0 spiro atoms. The van der Waals surface area contributed by atoms with E-state index < -0.39 is 0 Å². The van der Waals surface area contributed by atoms with Gasteiger partial charge in [0, 0.05) is 43.1 Å². The molecule has 1 aliphatic heterocycles. The normalized spacial score (nSPS) is 19.7. The van der Waals surface area contributed by atoms with Crippen molar-refractivity contribution in [2.45, 2.75) is 19.9 Å². The van der Waals surface area contributed by atoms with E-state index in [0.29, 0.717) is 6.04 Å². The van der Waals surface area contributed by atoms with E-state index in [2.05, 4.69) is 37.3 Å². The Labute approximate surface area is 112 Å². The number of hydrogen-bond acceptors (Lipinski definition) is 5. The zero-order chi connectivity index (χ0) is 13.2. The van der Waals surface area contributed by atoms with Gasteiger partial charge in [0.2, 0.25) is 5.95 Å². The quantitative estimate of drug-likeness (QED) is 0.840. The van der Waals surface area contributed by atoms with Gasteiger partial charge in [0.25, 0.3) is 0 Å². The lowest BCUT2D eigenvalue weighted by Crippen LogP contribution is -2.49. The molecule has 100 valence electrons. The highest BCUT2D eigenvalue weighted by Crippen LogP contribution is 2.20. The lowest BCUT2D eigenvalue weighted by atomic mass is 10.2. The van der Waals surface area contributed by atoms with Gasteiger partial charge in [0.1, 0.15) is 0 Å². The molecule has 0 aliphatic carbocycles. The molecule has 3 heterocycles. The summed E-state index contributed by atoms with van der Waals surface area (Å²) in [5.74, 6) is 1.55. The number of hydrogen-bond donors (Lipinski definition) is 2. The number of rotatable bonds is 2. The van der Waals surface area contributed by atoms with Gasteiger partial charge >= 0.3 is 0 Å². The number of nitrogens with one attached hydrogen (secondary N) is 2. The van der Waals surface area contributed by atoms with Crippen molar-refractivity contribution in [3.05, 3.63) is 24.0 Å². The van der Waals surface area contributed by atoms with Crippen LogP contribution in [-0.2, 0) is 0 Å². The first-order valence-electron chi connectivity index (χ1n) is 6.57. The number of piperazine rings is 1. The molecule has 1 atom stereocenters. The molecule has 1 unspecified atom stereocenters. The first-order valence-corrected chi connectivity index (χ1v) is 6.57. The second-order valence-corrected chi connectivity index (χ2v) is 4.92. The Morgan fingerprint density at radius 3 is 3.11 bits per heavy atom. The van der Waals surface area contributed by atoms with Crippen LogP contribution in [0.3, 0.4) is 0 Å². The summed E-state index contributed by atoms with van der Waals surface area (Å²) in [6, 6.07) is 4.39. The van der Waals surface area contributed by atoms with Crippen LogP contribution >= 0.6 is 0 Å². The number of anilines is 1. The highest BCUT2D eigenvalue weighted by atomic mass is 15.4. The number of aryl methyl sites for hydroxylation is 1. The van der Waals surface area contributed by atoms with Crippen LogP contribution in [0, 0.1) is 6.92 Å². The molecule has 6 nitrogen and oxygen atoms in total. The SMILES string of the molecule is Cc1ncccc1-c1nc(N2CCNC(C)C2)n[nH]1. The number of aromatic nitrogens is 4. The third kappa shape index (κ3) is 2.44. The van der Waals surface area contributed by atoms with Gasteiger partial charge in [-0.1, -0.05) is 0 Å². The molecule has 1 saturated heterocycles. The van der Waals surface area contributed by atoms with Gasteiger partial charge in [-0.3, -0.25) is 10.1 Å². The van der Waals surface area contributed by atoms with Crippen LogP contribution in [0.2, 0.25) is 0 Å². The van der Waals surface area contributed by atoms with Gasteiger partial charge in [-0.15, -0.1) is 5.10 Å². The third-order valence-corrected chi connectivity index (χ3v) is 3.39. The maximum absolute atomic E-state index is 4.59. The van der Waals surface area contributed by atoms with Crippen LogP contribution in [0.4, 0.5) is 5.95 Å². The van der Waals surface area contributed by atoms with Crippen molar-refractivity contribution in [3.63, 3.8) is 0 Å². The van der Waals surface area contributed by atoms with Crippen LogP contribution in [0.25, 0.3) is 11.4 Å². The fourth-order valence-corrected chi connectivity index (χ4v) is 2.36. The van der Waals surface area contributed by atoms with Crippen molar-refractivity contribution in [1.29, 1.82) is 0 Å². The summed E-state index contributed by atoms with van der Waals surface area (Å²) in [5.41, 5.74) is 1.96. The van der Waals surface area contributed by atoms with Crippen molar-refractivity contribution in [3.8, 4) is 11.4 Å². The molecular formula is C13H18N6. The second-order valence-electron chi connectivity index (χ2n) is 4.92. The lowest BCUT2D eigenvalue weighted by molar-refractivity contribution is 0.480. The summed E-state index contributed by atoms with van der Waals surface area (Å²) in [6.07, 6.45) is 1.79. The first-order chi connectivity index (χ1) is 9.24. The standard InChI is InChI=1S/C13H18N6/c1-9-8-19(7-6-14-9)13-16-12(17-18-13)11-4-3-5-15-10(11)2/h3-5,9,14H,6-8H2,1-2H3,(H,16,17,18). The van der Waals surface area contributed by atoms with Crippen LogP contribution < -0.4 is 10.2 Å². The first kappa shape index (κ1) is 12.1. The summed E-state index contributed by atoms with van der Waals surface area (Å²) in [7, 11) is 0. The molecule has 0 radical (unpaired) electrons. The maximum Gasteiger partial charge on any atom is 0.245 e. The molecule has 6 heteroatoms. The highest BCUT2D eigenvalue weighted by molar-refractivity contribution is 5.58. The minimum absolute atomic E-state index is 0.468. The fraction of sp³-hybridized carbons (Fsp3) is 0.462. The Morgan fingerprint density at radius 1 is 1.42 bits per heavy atom. The molecular weight excluding hydrogens is 240 g/mol. The van der Waals surface area contributed by atoms with Crippen molar-refractivity contribution < 1.29 is 0 Å². The zero-order valence-electron chi connectivity index (χ0n) is 11.2. The van der Waals surface area contributed by atoms with E-state index in [1.807, 2.05) is 19.1 Å². The van der Waals surface area contributed by atoms with E-state index in [0.717, 1.165) is 42.7 Å². The predicted octanol–water partition coefficient (Wildman–Crippen LogP) is 0.973. The number of nitrogens with zero attached hydrogens (tertiary/aromatic N) is 4. The van der Waals surface area contributed by atoms with Crippen LogP contribution in [0.5, 0.6) is 0 Å². The second kappa shape index (κ2) is 4.97. The van der Waals surface area contributed by atoms with Gasteiger partial charge in [-0.25, -0.2) is 0 Å². The average Bonchev–Trinajstić information content (AvgIpc) is 2.89. The summed E-state index contributed by atoms with van der Waals surface area (Å²) in [5, 5.41) is 10.7. The van der Waals surface area contributed by atoms with E-state index in [4.69, 9.17) is 0 Å². The van der Waals surface area contributed by atoms with E-state index in [9.17, 15) is 0 Å². The number of pyridine rings is 1. The van der Waals surface area contributed by atoms with Crippen molar-refractivity contribution in [2.75, 3.05) is 24.5 Å². The van der Waals surface area contributed by atoms with E-state index in [1.54, 1.807) is 6.20 Å². The van der Waals surface area contributed by atoms with E-state index in [1.165, 1.54) is 0 Å². The molecule has 0 saturated carbocycles. The summed E-state index contributed by atoms with van der Waals surface area (Å²) >= 11 is 0. The monoisotopic (exact) mass is 258 g/mol. The van der Waals surface area contributed by atoms with Gasteiger partial charge in [0.05, 0.1) is 0 Å². The Kier molecular flexibility index (Phi) is 3.16. The van der Waals surface area contributed by atoms with Gasteiger partial charge in [-0.2, -0.15) is 4.98 Å². The highest BCUT2D eigenvalue weighted by Gasteiger charge is 2.19. The summed E-state index contributed by atoms with van der Waals surface area (Å²) in [6.45, 7) is 6.99. The van der Waals surface area contributed by atoms with Crippen LogP contribution in [0.1, 0.15) is 12.6 Å². The molecule has 3 rings (SSSR count). The molecule has 2 aromatic heterocycles. The number of aromatic amines is 1. The smallest absolute Gasteiger partial charge is 0.245 e. The van der Waals surface area contributed by atoms with Crippen LogP contribution in [0.15, 0.2) is 18.3 Å². The van der Waals surface area contributed by atoms with Crippen LogP contribution in [-0.4, -0.2) is 45.8 Å². The minimum atomic E-state index is 0.468. The van der Waals surface area contributed by atoms with Gasteiger partial charge < -0.3 is 10.2 Å². The van der Waals surface area contributed by atoms with Gasteiger partial charge in [-0.05, 0) is 26.0 Å². The molecule has 2 N–H and O–H groups in total.